The largest absolute Gasteiger partial charge is 0.443 e. The second-order valence-corrected chi connectivity index (χ2v) is 5.86. The number of aromatic nitrogens is 3. The lowest BCUT2D eigenvalue weighted by Gasteiger charge is -2.28. The number of fused-ring (bicyclic) bond motifs is 1. The van der Waals surface area contributed by atoms with Gasteiger partial charge in [0.1, 0.15) is 0 Å². The van der Waals surface area contributed by atoms with Gasteiger partial charge in [0.15, 0.2) is 18.0 Å². The molecule has 0 aliphatic carbocycles. The van der Waals surface area contributed by atoms with Crippen molar-refractivity contribution in [3.63, 3.8) is 0 Å². The monoisotopic (exact) mass is 318 g/mol. The van der Waals surface area contributed by atoms with Crippen LogP contribution in [0.25, 0.3) is 20.9 Å². The van der Waals surface area contributed by atoms with Gasteiger partial charge in [-0.2, -0.15) is 4.98 Å². The van der Waals surface area contributed by atoms with Gasteiger partial charge in [-0.05, 0) is 6.07 Å². The van der Waals surface area contributed by atoms with Crippen molar-refractivity contribution >= 4 is 33.3 Å². The number of anilines is 2. The van der Waals surface area contributed by atoms with Crippen molar-refractivity contribution in [3.8, 4) is 10.6 Å². The van der Waals surface area contributed by atoms with E-state index < -0.39 is 0 Å². The molecule has 1 saturated heterocycles. The molecule has 114 valence electrons. The second kappa shape index (κ2) is 5.52. The lowest BCUT2D eigenvalue weighted by atomic mass is 10.3. The predicted molar refractivity (Wildman–Crippen MR) is 83.8 cm³/mol. The third-order valence-corrected chi connectivity index (χ3v) is 4.60. The van der Waals surface area contributed by atoms with E-state index in [2.05, 4.69) is 25.3 Å². The average Bonchev–Trinajstić information content (AvgIpc) is 3.23. The number of nitrogens with zero attached hydrogens (tertiary/aromatic N) is 4. The van der Waals surface area contributed by atoms with Gasteiger partial charge < -0.3 is 14.1 Å². The molecule has 0 amide bonds. The third-order valence-electron chi connectivity index (χ3n) is 3.47. The van der Waals surface area contributed by atoms with E-state index in [1.54, 1.807) is 17.5 Å². The van der Waals surface area contributed by atoms with Crippen LogP contribution in [0.1, 0.15) is 0 Å². The van der Waals surface area contributed by atoms with E-state index >= 15 is 0 Å². The van der Waals surface area contributed by atoms with Crippen molar-refractivity contribution in [1.82, 2.24) is 15.0 Å². The molecule has 0 radical (unpaired) electrons. The molecule has 0 unspecified atom stereocenters. The third kappa shape index (κ3) is 2.28. The first-order valence-corrected chi connectivity index (χ1v) is 7.66. The van der Waals surface area contributed by atoms with E-state index in [0.717, 1.165) is 39.8 Å². The molecule has 0 aromatic carbocycles. The molecule has 3 N–H and O–H groups in total. The highest BCUT2D eigenvalue weighted by molar-refractivity contribution is 7.22. The summed E-state index contributed by atoms with van der Waals surface area (Å²) >= 11 is 1.58. The quantitative estimate of drug-likeness (QED) is 0.553. The van der Waals surface area contributed by atoms with E-state index in [4.69, 9.17) is 15.0 Å². The SMILES string of the molecule is NNc1nc(N2CCOCC2)c2sc(-c3cnco3)cc2n1. The van der Waals surface area contributed by atoms with Crippen molar-refractivity contribution in [1.29, 1.82) is 0 Å². The summed E-state index contributed by atoms with van der Waals surface area (Å²) in [6, 6.07) is 1.97. The fraction of sp³-hybridized carbons (Fsp3) is 0.308. The maximum Gasteiger partial charge on any atom is 0.239 e. The summed E-state index contributed by atoms with van der Waals surface area (Å²) in [7, 11) is 0. The van der Waals surface area contributed by atoms with Crippen LogP contribution >= 0.6 is 11.3 Å². The Morgan fingerprint density at radius 1 is 1.27 bits per heavy atom. The average molecular weight is 318 g/mol. The number of hydrogen-bond acceptors (Lipinski definition) is 9. The second-order valence-electron chi connectivity index (χ2n) is 4.81. The number of hydrogen-bond donors (Lipinski definition) is 2. The number of rotatable bonds is 3. The molecule has 3 aromatic heterocycles. The first-order chi connectivity index (χ1) is 10.8. The zero-order valence-electron chi connectivity index (χ0n) is 11.7. The van der Waals surface area contributed by atoms with Crippen LogP contribution in [0.5, 0.6) is 0 Å². The number of thiophene rings is 1. The Morgan fingerprint density at radius 3 is 2.86 bits per heavy atom. The predicted octanol–water partition coefficient (Wildman–Crippen LogP) is 1.47. The molecule has 0 spiro atoms. The number of hydrazine groups is 1. The molecular formula is C13H14N6O2S. The van der Waals surface area contributed by atoms with Crippen LogP contribution in [-0.2, 0) is 4.74 Å². The van der Waals surface area contributed by atoms with Crippen molar-refractivity contribution < 1.29 is 9.15 Å². The van der Waals surface area contributed by atoms with Gasteiger partial charge in [0.25, 0.3) is 0 Å². The molecular weight excluding hydrogens is 304 g/mol. The summed E-state index contributed by atoms with van der Waals surface area (Å²) in [5.41, 5.74) is 3.37. The first-order valence-electron chi connectivity index (χ1n) is 6.85. The minimum atomic E-state index is 0.399. The van der Waals surface area contributed by atoms with Crippen LogP contribution in [0.15, 0.2) is 23.1 Å². The Balaban J connectivity index is 1.86. The minimum absolute atomic E-state index is 0.399. The van der Waals surface area contributed by atoms with E-state index in [1.807, 2.05) is 6.07 Å². The molecule has 4 heterocycles. The maximum absolute atomic E-state index is 5.50. The highest BCUT2D eigenvalue weighted by Gasteiger charge is 2.20. The molecule has 9 heteroatoms. The number of nitrogen functional groups attached to an aromatic ring is 1. The Bertz CT molecular complexity index is 781. The van der Waals surface area contributed by atoms with Crippen LogP contribution in [0.3, 0.4) is 0 Å². The first kappa shape index (κ1) is 13.4. The summed E-state index contributed by atoms with van der Waals surface area (Å²) in [4.78, 5) is 16.1. The molecule has 3 aromatic rings. The van der Waals surface area contributed by atoms with Gasteiger partial charge in [-0.1, -0.05) is 0 Å². The van der Waals surface area contributed by atoms with Crippen molar-refractivity contribution in [3.05, 3.63) is 18.7 Å². The minimum Gasteiger partial charge on any atom is -0.443 e. The van der Waals surface area contributed by atoms with Gasteiger partial charge in [-0.3, -0.25) is 5.43 Å². The molecule has 0 saturated carbocycles. The number of ether oxygens (including phenoxy) is 1. The molecule has 0 atom stereocenters. The Hall–Kier alpha value is -2.23. The molecule has 0 bridgehead atoms. The maximum atomic E-state index is 5.50. The summed E-state index contributed by atoms with van der Waals surface area (Å²) in [5, 5.41) is 0. The highest BCUT2D eigenvalue weighted by Crippen LogP contribution is 2.37. The summed E-state index contributed by atoms with van der Waals surface area (Å²) in [6.45, 7) is 2.98. The number of oxazole rings is 1. The van der Waals surface area contributed by atoms with Crippen LogP contribution < -0.4 is 16.2 Å². The Morgan fingerprint density at radius 2 is 2.14 bits per heavy atom. The summed E-state index contributed by atoms with van der Waals surface area (Å²) < 4.78 is 11.8. The lowest BCUT2D eigenvalue weighted by Crippen LogP contribution is -2.37. The van der Waals surface area contributed by atoms with Crippen LogP contribution in [0.4, 0.5) is 11.8 Å². The van der Waals surface area contributed by atoms with E-state index in [9.17, 15) is 0 Å². The van der Waals surface area contributed by atoms with Gasteiger partial charge in [0.05, 0.1) is 34.5 Å². The van der Waals surface area contributed by atoms with Gasteiger partial charge in [-0.25, -0.2) is 15.8 Å². The zero-order valence-corrected chi connectivity index (χ0v) is 12.5. The van der Waals surface area contributed by atoms with Crippen molar-refractivity contribution in [2.75, 3.05) is 36.6 Å². The van der Waals surface area contributed by atoms with Gasteiger partial charge in [0.2, 0.25) is 5.95 Å². The van der Waals surface area contributed by atoms with Crippen molar-refractivity contribution in [2.24, 2.45) is 5.84 Å². The van der Waals surface area contributed by atoms with Gasteiger partial charge in [0, 0.05) is 13.1 Å². The van der Waals surface area contributed by atoms with Crippen LogP contribution in [-0.4, -0.2) is 41.3 Å². The molecule has 1 fully saturated rings. The fourth-order valence-electron chi connectivity index (χ4n) is 2.43. The van der Waals surface area contributed by atoms with E-state index in [-0.39, 0.29) is 0 Å². The van der Waals surface area contributed by atoms with Crippen molar-refractivity contribution in [2.45, 2.75) is 0 Å². The normalized spacial score (nSPS) is 15.4. The molecule has 8 nitrogen and oxygen atoms in total. The Kier molecular flexibility index (Phi) is 3.37. The number of morpholine rings is 1. The van der Waals surface area contributed by atoms with Crippen LogP contribution in [0, 0.1) is 0 Å². The van der Waals surface area contributed by atoms with E-state index in [0.29, 0.717) is 19.2 Å². The summed E-state index contributed by atoms with van der Waals surface area (Å²) in [6.07, 6.45) is 3.11. The summed E-state index contributed by atoms with van der Waals surface area (Å²) in [5.74, 6) is 7.49. The van der Waals surface area contributed by atoms with Gasteiger partial charge >= 0.3 is 0 Å². The lowest BCUT2D eigenvalue weighted by molar-refractivity contribution is 0.122. The zero-order chi connectivity index (χ0) is 14.9. The van der Waals surface area contributed by atoms with Gasteiger partial charge in [-0.15, -0.1) is 11.3 Å². The Labute approximate surface area is 129 Å². The smallest absolute Gasteiger partial charge is 0.239 e. The molecule has 4 rings (SSSR count). The fourth-order valence-corrected chi connectivity index (χ4v) is 3.49. The topological polar surface area (TPSA) is 102 Å². The molecule has 22 heavy (non-hydrogen) atoms. The van der Waals surface area contributed by atoms with E-state index in [1.165, 1.54) is 6.39 Å². The standard InChI is InChI=1S/C13H14N6O2S/c14-18-13-16-8-5-10(9-6-15-7-21-9)22-11(8)12(17-13)19-1-3-20-4-2-19/h5-7H,1-4,14H2,(H,16,17,18). The van der Waals surface area contributed by atoms with Crippen LogP contribution in [0.2, 0.25) is 0 Å². The number of nitrogens with two attached hydrogens (primary N) is 1. The molecule has 1 aliphatic rings. The number of nitrogens with one attached hydrogen (secondary N) is 1. The molecule has 1 aliphatic heterocycles. The highest BCUT2D eigenvalue weighted by atomic mass is 32.1.